The number of halogens is 1. The van der Waals surface area contributed by atoms with Gasteiger partial charge in [0.25, 0.3) is 0 Å². The fourth-order valence-corrected chi connectivity index (χ4v) is 3.49. The lowest BCUT2D eigenvalue weighted by atomic mass is 9.94. The summed E-state index contributed by atoms with van der Waals surface area (Å²) in [5.41, 5.74) is 2.12. The number of allylic oxidation sites excluding steroid dienone is 3. The zero-order valence-electron chi connectivity index (χ0n) is 15.2. The van der Waals surface area contributed by atoms with Crippen molar-refractivity contribution < 1.29 is 18.9 Å². The number of methoxy groups -OCH3 is 1. The number of nitrogens with zero attached hydrogens (tertiary/aromatic N) is 2. The molecule has 5 nitrogen and oxygen atoms in total. The second-order valence-corrected chi connectivity index (χ2v) is 6.95. The van der Waals surface area contributed by atoms with E-state index < -0.39 is 5.92 Å². The molecule has 3 amide bonds. The highest BCUT2D eigenvalue weighted by Crippen LogP contribution is 2.27. The molecule has 6 heteroatoms. The molecule has 1 atom stereocenters. The van der Waals surface area contributed by atoms with Crippen molar-refractivity contribution in [3.05, 3.63) is 83.4 Å². The standard InChI is InChI=1S/C22H18ClN2O3/c1-28-18-12-10-17(11-13-18)25-21(26)19-4-2-3-5-20(19)24(22(25)27)14-15-6-8-16(23)9-7-15/h2-13,19H,14H2,1H3/q+1. The molecule has 1 aliphatic heterocycles. The summed E-state index contributed by atoms with van der Waals surface area (Å²) in [4.78, 5) is 27.6. The molecule has 0 aromatic heterocycles. The lowest BCUT2D eigenvalue weighted by Crippen LogP contribution is -2.54. The summed E-state index contributed by atoms with van der Waals surface area (Å²) in [6, 6.07) is 13.8. The summed E-state index contributed by atoms with van der Waals surface area (Å²) in [6.07, 6.45) is 7.30. The Labute approximate surface area is 167 Å². The molecule has 1 heterocycles. The Balaban J connectivity index is 1.76. The molecule has 2 aliphatic rings. The van der Waals surface area contributed by atoms with Crippen LogP contribution in [0.3, 0.4) is 0 Å². The van der Waals surface area contributed by atoms with Crippen molar-refractivity contribution in [2.45, 2.75) is 6.54 Å². The van der Waals surface area contributed by atoms with Gasteiger partial charge in [-0.1, -0.05) is 42.0 Å². The molecule has 0 saturated heterocycles. The molecule has 0 N–H and O–H groups in total. The van der Waals surface area contributed by atoms with Gasteiger partial charge in [-0.15, -0.1) is 4.90 Å². The first-order valence-corrected chi connectivity index (χ1v) is 9.22. The Kier molecular flexibility index (Phi) is 4.84. The second kappa shape index (κ2) is 7.44. The third-order valence-corrected chi connectivity index (χ3v) is 5.06. The van der Waals surface area contributed by atoms with E-state index in [0.29, 0.717) is 28.7 Å². The fraction of sp³-hybridized carbons (Fsp3) is 0.136. The maximum Gasteiger partial charge on any atom is 0.506 e. The van der Waals surface area contributed by atoms with Gasteiger partial charge >= 0.3 is 11.9 Å². The number of carbonyl (C=O) groups excluding carboxylic acids is 2. The number of urea groups is 1. The van der Waals surface area contributed by atoms with Crippen LogP contribution in [-0.2, 0) is 11.3 Å². The summed E-state index contributed by atoms with van der Waals surface area (Å²) in [5, 5.41) is 0.634. The van der Waals surface area contributed by atoms with E-state index in [1.54, 1.807) is 48.1 Å². The number of benzene rings is 2. The van der Waals surface area contributed by atoms with E-state index in [9.17, 15) is 9.59 Å². The predicted molar refractivity (Wildman–Crippen MR) is 108 cm³/mol. The van der Waals surface area contributed by atoms with Gasteiger partial charge in [0.2, 0.25) is 0 Å². The van der Waals surface area contributed by atoms with E-state index in [1.165, 1.54) is 4.90 Å². The van der Waals surface area contributed by atoms with Crippen LogP contribution >= 0.6 is 11.6 Å². The largest absolute Gasteiger partial charge is 0.506 e. The molecule has 0 bridgehead atoms. The maximum atomic E-state index is 13.3. The van der Waals surface area contributed by atoms with Crippen molar-refractivity contribution in [1.29, 1.82) is 0 Å². The van der Waals surface area contributed by atoms with Gasteiger partial charge in [-0.05, 0) is 48.0 Å². The Morgan fingerprint density at radius 3 is 2.43 bits per heavy atom. The molecule has 0 saturated carbocycles. The number of carbonyl (C=O) groups is 2. The van der Waals surface area contributed by atoms with Crippen molar-refractivity contribution in [1.82, 2.24) is 0 Å². The minimum Gasteiger partial charge on any atom is -0.497 e. The topological polar surface area (TPSA) is 49.6 Å². The van der Waals surface area contributed by atoms with Gasteiger partial charge in [-0.3, -0.25) is 0 Å². The average molecular weight is 394 g/mol. The van der Waals surface area contributed by atoms with Gasteiger partial charge in [0.05, 0.1) is 7.11 Å². The molecule has 2 aromatic carbocycles. The van der Waals surface area contributed by atoms with E-state index in [0.717, 1.165) is 5.56 Å². The highest BCUT2D eigenvalue weighted by molar-refractivity contribution is 6.30. The van der Waals surface area contributed by atoms with E-state index in [4.69, 9.17) is 16.3 Å². The number of imide groups is 1. The molecule has 0 radical (unpaired) electrons. The van der Waals surface area contributed by atoms with Crippen LogP contribution < -0.4 is 9.64 Å². The van der Waals surface area contributed by atoms with Crippen molar-refractivity contribution in [2.24, 2.45) is 5.92 Å². The molecule has 0 fully saturated rings. The normalized spacial score (nSPS) is 18.5. The van der Waals surface area contributed by atoms with Gasteiger partial charge in [0.1, 0.15) is 29.6 Å². The van der Waals surface area contributed by atoms with Gasteiger partial charge in [-0.2, -0.15) is 9.37 Å². The highest BCUT2D eigenvalue weighted by atomic mass is 35.5. The Bertz CT molecular complexity index is 1020. The predicted octanol–water partition coefficient (Wildman–Crippen LogP) is 4.21. The fourth-order valence-electron chi connectivity index (χ4n) is 3.36. The maximum absolute atomic E-state index is 13.3. The van der Waals surface area contributed by atoms with Crippen LogP contribution in [0.1, 0.15) is 5.56 Å². The van der Waals surface area contributed by atoms with Crippen molar-refractivity contribution in [3.8, 4) is 5.75 Å². The molecule has 0 spiro atoms. The lowest BCUT2D eigenvalue weighted by molar-refractivity contribution is -0.445. The molecule has 1 unspecified atom stereocenters. The van der Waals surface area contributed by atoms with Crippen LogP contribution in [0.5, 0.6) is 5.75 Å². The minimum atomic E-state index is -0.503. The third kappa shape index (κ3) is 3.25. The van der Waals surface area contributed by atoms with Gasteiger partial charge in [-0.25, -0.2) is 4.79 Å². The zero-order valence-corrected chi connectivity index (χ0v) is 16.0. The highest BCUT2D eigenvalue weighted by Gasteiger charge is 2.47. The first-order valence-electron chi connectivity index (χ1n) is 8.84. The Morgan fingerprint density at radius 1 is 1.04 bits per heavy atom. The third-order valence-electron chi connectivity index (χ3n) is 4.81. The van der Waals surface area contributed by atoms with E-state index >= 15 is 0 Å². The summed E-state index contributed by atoms with van der Waals surface area (Å²) in [6.45, 7) is 0.347. The van der Waals surface area contributed by atoms with Crippen molar-refractivity contribution in [3.63, 3.8) is 0 Å². The SMILES string of the molecule is COc1ccc(N2C(=O)C3C=CC=CC3=[N+](Cc3ccc(Cl)cc3)C2=O)cc1. The van der Waals surface area contributed by atoms with Crippen LogP contribution in [0.2, 0.25) is 5.02 Å². The van der Waals surface area contributed by atoms with Gasteiger partial charge in [0, 0.05) is 5.02 Å². The van der Waals surface area contributed by atoms with Crippen molar-refractivity contribution in [2.75, 3.05) is 12.0 Å². The molecular formula is C22H18ClN2O3+. The molecule has 1 aliphatic carbocycles. The summed E-state index contributed by atoms with van der Waals surface area (Å²) >= 11 is 5.97. The van der Waals surface area contributed by atoms with E-state index in [-0.39, 0.29) is 11.9 Å². The zero-order chi connectivity index (χ0) is 19.7. The van der Waals surface area contributed by atoms with Gasteiger partial charge < -0.3 is 4.74 Å². The molecule has 140 valence electrons. The lowest BCUT2D eigenvalue weighted by Gasteiger charge is -2.26. The first-order chi connectivity index (χ1) is 13.6. The summed E-state index contributed by atoms with van der Waals surface area (Å²) in [7, 11) is 1.57. The number of amides is 3. The Morgan fingerprint density at radius 2 is 1.75 bits per heavy atom. The van der Waals surface area contributed by atoms with E-state index in [1.807, 2.05) is 36.4 Å². The smallest absolute Gasteiger partial charge is 0.497 e. The number of anilines is 1. The van der Waals surface area contributed by atoms with Crippen LogP contribution in [-0.4, -0.2) is 29.3 Å². The average Bonchev–Trinajstić information content (AvgIpc) is 2.73. The summed E-state index contributed by atoms with van der Waals surface area (Å²) in [5.74, 6) is -0.110. The number of hydrogen-bond donors (Lipinski definition) is 0. The van der Waals surface area contributed by atoms with Crippen LogP contribution in [0.4, 0.5) is 10.5 Å². The van der Waals surface area contributed by atoms with Crippen LogP contribution in [0, 0.1) is 5.92 Å². The molecule has 2 aromatic rings. The number of hydrogen-bond acceptors (Lipinski definition) is 3. The van der Waals surface area contributed by atoms with E-state index in [2.05, 4.69) is 0 Å². The quantitative estimate of drug-likeness (QED) is 0.731. The number of ether oxygens (including phenoxy) is 1. The molecule has 4 rings (SSSR count). The number of rotatable bonds is 4. The van der Waals surface area contributed by atoms with Gasteiger partial charge in [0.15, 0.2) is 0 Å². The summed E-state index contributed by atoms with van der Waals surface area (Å²) < 4.78 is 6.81. The minimum absolute atomic E-state index is 0.266. The Hall–Kier alpha value is -3.18. The van der Waals surface area contributed by atoms with Crippen LogP contribution in [0.15, 0.2) is 72.8 Å². The monoisotopic (exact) mass is 393 g/mol. The second-order valence-electron chi connectivity index (χ2n) is 6.51. The first kappa shape index (κ1) is 18.2. The molecular weight excluding hydrogens is 376 g/mol. The van der Waals surface area contributed by atoms with Crippen molar-refractivity contribution >= 4 is 34.9 Å². The van der Waals surface area contributed by atoms with Crippen LogP contribution in [0.25, 0.3) is 0 Å². The number of fused-ring (bicyclic) bond motifs is 1. The molecule has 28 heavy (non-hydrogen) atoms.